The maximum atomic E-state index is 12.2. The fourth-order valence-electron chi connectivity index (χ4n) is 3.58. The average Bonchev–Trinajstić information content (AvgIpc) is 2.82. The van der Waals surface area contributed by atoms with Crippen LogP contribution in [0.3, 0.4) is 0 Å². The van der Waals surface area contributed by atoms with E-state index in [2.05, 4.69) is 15.3 Å². The van der Waals surface area contributed by atoms with Crippen LogP contribution >= 0.6 is 0 Å². The summed E-state index contributed by atoms with van der Waals surface area (Å²) in [4.78, 5) is 21.1. The Hall–Kier alpha value is -3.03. The van der Waals surface area contributed by atoms with Crippen LogP contribution in [0.15, 0.2) is 48.8 Å². The fourth-order valence-corrected chi connectivity index (χ4v) is 3.58. The number of hydrogen-bond donors (Lipinski definition) is 1. The fraction of sp³-hybridized carbons (Fsp3) is 0.375. The number of carbonyl (C=O) groups is 1. The molecule has 0 spiro atoms. The number of ether oxygens (including phenoxy) is 3. The van der Waals surface area contributed by atoms with E-state index in [1.54, 1.807) is 18.5 Å². The molecule has 0 aliphatic carbocycles. The Labute approximate surface area is 181 Å². The number of nitrogens with one attached hydrogen (secondary N) is 1. The zero-order chi connectivity index (χ0) is 21.5. The molecule has 4 rings (SSSR count). The number of fused-ring (bicyclic) bond motifs is 1. The number of benzene rings is 1. The average molecular weight is 421 g/mol. The van der Waals surface area contributed by atoms with Gasteiger partial charge in [0.1, 0.15) is 18.1 Å². The second kappa shape index (κ2) is 10.3. The third-order valence-electron chi connectivity index (χ3n) is 5.21. The zero-order valence-electron chi connectivity index (χ0n) is 17.7. The maximum Gasteiger partial charge on any atom is 0.269 e. The molecule has 1 saturated heterocycles. The highest BCUT2D eigenvalue weighted by Gasteiger charge is 2.14. The van der Waals surface area contributed by atoms with Crippen LogP contribution in [0.4, 0.5) is 0 Å². The van der Waals surface area contributed by atoms with Crippen LogP contribution in [0.5, 0.6) is 5.75 Å². The van der Waals surface area contributed by atoms with Crippen molar-refractivity contribution in [3.63, 3.8) is 0 Å². The standard InChI is InChI=1S/C24H27N3O4/c1-2-26-24(28)22-8-5-18-15-25-16-21(23(18)27-22)17-3-6-19(7-4-17)30-13-14-31-20-9-11-29-12-10-20/h3-8,15-16,20H,2,9-14H2,1H3,(H,26,28). The summed E-state index contributed by atoms with van der Waals surface area (Å²) in [5, 5.41) is 3.67. The first kappa shape index (κ1) is 21.2. The van der Waals surface area contributed by atoms with Gasteiger partial charge in [-0.3, -0.25) is 9.78 Å². The molecule has 7 nitrogen and oxygen atoms in total. The molecule has 2 aromatic heterocycles. The van der Waals surface area contributed by atoms with Gasteiger partial charge in [-0.1, -0.05) is 12.1 Å². The Morgan fingerprint density at radius 1 is 1.10 bits per heavy atom. The molecule has 0 bridgehead atoms. The van der Waals surface area contributed by atoms with Crippen LogP contribution in [0.2, 0.25) is 0 Å². The van der Waals surface area contributed by atoms with Crippen molar-refractivity contribution in [3.8, 4) is 16.9 Å². The van der Waals surface area contributed by atoms with Crippen molar-refractivity contribution in [2.45, 2.75) is 25.9 Å². The van der Waals surface area contributed by atoms with Crippen molar-refractivity contribution in [3.05, 3.63) is 54.5 Å². The van der Waals surface area contributed by atoms with Gasteiger partial charge in [0.2, 0.25) is 0 Å². The molecular formula is C24H27N3O4. The van der Waals surface area contributed by atoms with Crippen molar-refractivity contribution in [1.29, 1.82) is 0 Å². The second-order valence-electron chi connectivity index (χ2n) is 7.37. The summed E-state index contributed by atoms with van der Waals surface area (Å²) in [6, 6.07) is 11.4. The zero-order valence-corrected chi connectivity index (χ0v) is 17.7. The summed E-state index contributed by atoms with van der Waals surface area (Å²) in [6.45, 7) is 5.06. The van der Waals surface area contributed by atoms with E-state index in [4.69, 9.17) is 14.2 Å². The lowest BCUT2D eigenvalue weighted by atomic mass is 10.0. The number of pyridine rings is 2. The topological polar surface area (TPSA) is 82.6 Å². The highest BCUT2D eigenvalue weighted by atomic mass is 16.5. The van der Waals surface area contributed by atoms with Crippen molar-refractivity contribution < 1.29 is 19.0 Å². The van der Waals surface area contributed by atoms with Gasteiger partial charge in [-0.15, -0.1) is 0 Å². The highest BCUT2D eigenvalue weighted by molar-refractivity contribution is 5.98. The van der Waals surface area contributed by atoms with Gasteiger partial charge in [-0.2, -0.15) is 0 Å². The molecule has 1 amide bonds. The molecule has 1 aromatic carbocycles. The van der Waals surface area contributed by atoms with Crippen molar-refractivity contribution in [2.24, 2.45) is 0 Å². The molecule has 1 N–H and O–H groups in total. The van der Waals surface area contributed by atoms with E-state index in [0.29, 0.717) is 25.5 Å². The molecule has 31 heavy (non-hydrogen) atoms. The second-order valence-corrected chi connectivity index (χ2v) is 7.37. The van der Waals surface area contributed by atoms with Gasteiger partial charge in [-0.05, 0) is 49.6 Å². The number of hydrogen-bond acceptors (Lipinski definition) is 6. The van der Waals surface area contributed by atoms with Crippen molar-refractivity contribution in [2.75, 3.05) is 33.0 Å². The predicted octanol–water partition coefficient (Wildman–Crippen LogP) is 3.62. The van der Waals surface area contributed by atoms with E-state index in [9.17, 15) is 4.79 Å². The van der Waals surface area contributed by atoms with Gasteiger partial charge in [0.25, 0.3) is 5.91 Å². The van der Waals surface area contributed by atoms with E-state index >= 15 is 0 Å². The smallest absolute Gasteiger partial charge is 0.269 e. The Morgan fingerprint density at radius 3 is 2.68 bits per heavy atom. The van der Waals surface area contributed by atoms with Gasteiger partial charge in [-0.25, -0.2) is 4.98 Å². The van der Waals surface area contributed by atoms with Crippen molar-refractivity contribution >= 4 is 16.8 Å². The molecule has 3 aromatic rings. The van der Waals surface area contributed by atoms with Crippen LogP contribution < -0.4 is 10.1 Å². The lowest BCUT2D eigenvalue weighted by Gasteiger charge is -2.22. The molecule has 1 fully saturated rings. The molecule has 1 aliphatic heterocycles. The number of amides is 1. The Kier molecular flexibility index (Phi) is 7.07. The predicted molar refractivity (Wildman–Crippen MR) is 118 cm³/mol. The first-order valence-corrected chi connectivity index (χ1v) is 10.7. The summed E-state index contributed by atoms with van der Waals surface area (Å²) in [5.41, 5.74) is 2.98. The molecule has 0 radical (unpaired) electrons. The molecule has 0 atom stereocenters. The number of aromatic nitrogens is 2. The Bertz CT molecular complexity index is 1020. The van der Waals surface area contributed by atoms with Gasteiger partial charge < -0.3 is 19.5 Å². The maximum absolute atomic E-state index is 12.2. The molecule has 7 heteroatoms. The first-order valence-electron chi connectivity index (χ1n) is 10.7. The van der Waals surface area contributed by atoms with Gasteiger partial charge >= 0.3 is 0 Å². The lowest BCUT2D eigenvalue weighted by Crippen LogP contribution is -2.25. The lowest BCUT2D eigenvalue weighted by molar-refractivity contribution is -0.0388. The summed E-state index contributed by atoms with van der Waals surface area (Å²) in [6.07, 6.45) is 5.70. The van der Waals surface area contributed by atoms with Gasteiger partial charge in [0.15, 0.2) is 0 Å². The summed E-state index contributed by atoms with van der Waals surface area (Å²) in [5.74, 6) is 0.599. The number of nitrogens with zero attached hydrogens (tertiary/aromatic N) is 2. The molecular weight excluding hydrogens is 394 g/mol. The third-order valence-corrected chi connectivity index (χ3v) is 5.21. The minimum absolute atomic E-state index is 0.182. The minimum atomic E-state index is -0.182. The Morgan fingerprint density at radius 2 is 1.90 bits per heavy atom. The highest BCUT2D eigenvalue weighted by Crippen LogP contribution is 2.28. The monoisotopic (exact) mass is 421 g/mol. The van der Waals surface area contributed by atoms with E-state index in [1.165, 1.54) is 0 Å². The van der Waals surface area contributed by atoms with Crippen LogP contribution in [0.1, 0.15) is 30.3 Å². The summed E-state index contributed by atoms with van der Waals surface area (Å²) < 4.78 is 17.0. The largest absolute Gasteiger partial charge is 0.491 e. The van der Waals surface area contributed by atoms with E-state index in [0.717, 1.165) is 53.8 Å². The summed E-state index contributed by atoms with van der Waals surface area (Å²) in [7, 11) is 0. The number of carbonyl (C=O) groups excluding carboxylic acids is 1. The van der Waals surface area contributed by atoms with Crippen molar-refractivity contribution in [1.82, 2.24) is 15.3 Å². The number of rotatable bonds is 8. The van der Waals surface area contributed by atoms with Crippen LogP contribution in [-0.4, -0.2) is 55.0 Å². The van der Waals surface area contributed by atoms with Crippen LogP contribution in [0.25, 0.3) is 22.0 Å². The van der Waals surface area contributed by atoms with Gasteiger partial charge in [0.05, 0.1) is 18.2 Å². The molecule has 3 heterocycles. The molecule has 1 aliphatic rings. The Balaban J connectivity index is 1.43. The third kappa shape index (κ3) is 5.37. The normalized spacial score (nSPS) is 14.5. The minimum Gasteiger partial charge on any atom is -0.491 e. The molecule has 0 unspecified atom stereocenters. The van der Waals surface area contributed by atoms with Crippen LogP contribution in [-0.2, 0) is 9.47 Å². The van der Waals surface area contributed by atoms with E-state index in [-0.39, 0.29) is 12.0 Å². The first-order chi connectivity index (χ1) is 15.2. The quantitative estimate of drug-likeness (QED) is 0.560. The van der Waals surface area contributed by atoms with E-state index in [1.807, 2.05) is 37.3 Å². The van der Waals surface area contributed by atoms with E-state index < -0.39 is 0 Å². The summed E-state index contributed by atoms with van der Waals surface area (Å²) >= 11 is 0. The molecule has 162 valence electrons. The SMILES string of the molecule is CCNC(=O)c1ccc2cncc(-c3ccc(OCCOC4CCOCC4)cc3)c2n1. The van der Waals surface area contributed by atoms with Gasteiger partial charge in [0, 0.05) is 43.1 Å². The molecule has 0 saturated carbocycles. The van der Waals surface area contributed by atoms with Crippen LogP contribution in [0, 0.1) is 0 Å².